The normalized spacial score (nSPS) is 11.2. The summed E-state index contributed by atoms with van der Waals surface area (Å²) in [6, 6.07) is 4.38. The highest BCUT2D eigenvalue weighted by atomic mass is 32.1. The average Bonchev–Trinajstić information content (AvgIpc) is 2.77. The lowest BCUT2D eigenvalue weighted by atomic mass is 9.85. The second-order valence-corrected chi connectivity index (χ2v) is 5.37. The third kappa shape index (κ3) is 2.83. The molecule has 94 valence electrons. The second-order valence-electron chi connectivity index (χ2n) is 4.84. The Hall–Kier alpha value is -0.960. The van der Waals surface area contributed by atoms with Crippen molar-refractivity contribution in [2.24, 2.45) is 0 Å². The smallest absolute Gasteiger partial charge is 0.108 e. The highest BCUT2D eigenvalue weighted by Gasteiger charge is 2.19. The molecular weight excluding hydrogens is 228 g/mol. The minimum atomic E-state index is 0.139. The first-order valence-corrected chi connectivity index (χ1v) is 7.01. The van der Waals surface area contributed by atoms with E-state index in [1.807, 2.05) is 13.8 Å². The van der Waals surface area contributed by atoms with E-state index >= 15 is 0 Å². The fourth-order valence-electron chi connectivity index (χ4n) is 1.81. The second kappa shape index (κ2) is 5.58. The van der Waals surface area contributed by atoms with E-state index < -0.39 is 0 Å². The quantitative estimate of drug-likeness (QED) is 0.740. The van der Waals surface area contributed by atoms with E-state index in [-0.39, 0.29) is 5.41 Å². The zero-order chi connectivity index (χ0) is 13.1. The van der Waals surface area contributed by atoms with Gasteiger partial charge in [-0.05, 0) is 23.0 Å². The Morgan fingerprint density at radius 3 is 2.18 bits per heavy atom. The first-order valence-electron chi connectivity index (χ1n) is 6.28. The number of benzene rings is 1. The molecule has 17 heavy (non-hydrogen) atoms. The molecule has 0 unspecified atom stereocenters. The molecular formula is C14H22N2S. The number of aromatic nitrogens is 2. The molecule has 1 heterocycles. The summed E-state index contributed by atoms with van der Waals surface area (Å²) in [5.74, 6) is 0. The van der Waals surface area contributed by atoms with Gasteiger partial charge in [0.05, 0.1) is 11.7 Å². The Kier molecular flexibility index (Phi) is 4.63. The van der Waals surface area contributed by atoms with E-state index in [2.05, 4.69) is 48.6 Å². The average molecular weight is 250 g/mol. The molecule has 0 radical (unpaired) electrons. The Balaban J connectivity index is 0.000000686. The minimum Gasteiger partial charge on any atom is -0.173 e. The summed E-state index contributed by atoms with van der Waals surface area (Å²) in [4.78, 5) is 0. The van der Waals surface area contributed by atoms with Gasteiger partial charge < -0.3 is 0 Å². The van der Waals surface area contributed by atoms with Crippen LogP contribution in [0.25, 0.3) is 11.0 Å². The fraction of sp³-hybridized carbons (Fsp3) is 0.571. The van der Waals surface area contributed by atoms with Gasteiger partial charge in [0.1, 0.15) is 11.0 Å². The number of aryl methyl sites for hydroxylation is 1. The van der Waals surface area contributed by atoms with Gasteiger partial charge in [-0.1, -0.05) is 53.7 Å². The fourth-order valence-corrected chi connectivity index (χ4v) is 2.40. The summed E-state index contributed by atoms with van der Waals surface area (Å²) in [6.07, 6.45) is 1.02. The maximum absolute atomic E-state index is 4.42. The third-order valence-corrected chi connectivity index (χ3v) is 3.22. The van der Waals surface area contributed by atoms with Crippen LogP contribution in [0, 0.1) is 0 Å². The molecule has 1 aromatic carbocycles. The van der Waals surface area contributed by atoms with Crippen LogP contribution in [0.4, 0.5) is 0 Å². The van der Waals surface area contributed by atoms with Crippen molar-refractivity contribution in [2.45, 2.75) is 53.4 Å². The van der Waals surface area contributed by atoms with Crippen LogP contribution < -0.4 is 0 Å². The van der Waals surface area contributed by atoms with E-state index in [1.54, 1.807) is 0 Å². The van der Waals surface area contributed by atoms with Crippen LogP contribution in [-0.4, -0.2) is 8.75 Å². The predicted octanol–water partition coefficient (Wildman–Crippen LogP) is 4.58. The number of hydrogen-bond donors (Lipinski definition) is 0. The van der Waals surface area contributed by atoms with Gasteiger partial charge in [0.2, 0.25) is 0 Å². The van der Waals surface area contributed by atoms with Crippen molar-refractivity contribution in [1.29, 1.82) is 0 Å². The summed E-state index contributed by atoms with van der Waals surface area (Å²) in [5, 5.41) is 0. The standard InChI is InChI=1S/C12H16N2S.C2H6/c1-5-8-6-7-9(12(2,3)4)11-10(8)13-15-14-11;1-2/h6-7H,5H2,1-4H3;1-2H3. The number of fused-ring (bicyclic) bond motifs is 1. The van der Waals surface area contributed by atoms with Gasteiger partial charge in [-0.15, -0.1) is 0 Å². The molecule has 2 rings (SSSR count). The van der Waals surface area contributed by atoms with Gasteiger partial charge >= 0.3 is 0 Å². The van der Waals surface area contributed by atoms with Crippen LogP contribution in [0.1, 0.15) is 52.7 Å². The van der Waals surface area contributed by atoms with Crippen LogP contribution in [0.15, 0.2) is 12.1 Å². The first-order chi connectivity index (χ1) is 8.04. The third-order valence-electron chi connectivity index (χ3n) is 2.69. The first kappa shape index (κ1) is 14.1. The number of rotatable bonds is 1. The summed E-state index contributed by atoms with van der Waals surface area (Å²) < 4.78 is 8.82. The van der Waals surface area contributed by atoms with Gasteiger partial charge in [-0.3, -0.25) is 0 Å². The summed E-state index contributed by atoms with van der Waals surface area (Å²) in [5.41, 5.74) is 4.91. The van der Waals surface area contributed by atoms with Crippen molar-refractivity contribution in [3.63, 3.8) is 0 Å². The number of nitrogens with zero attached hydrogens (tertiary/aromatic N) is 2. The van der Waals surface area contributed by atoms with Crippen molar-refractivity contribution in [3.05, 3.63) is 23.3 Å². The molecule has 0 aliphatic rings. The molecule has 0 amide bonds. The lowest BCUT2D eigenvalue weighted by Gasteiger charge is -2.19. The van der Waals surface area contributed by atoms with E-state index in [0.29, 0.717) is 0 Å². The Morgan fingerprint density at radius 1 is 1.06 bits per heavy atom. The molecule has 0 bridgehead atoms. The summed E-state index contributed by atoms with van der Waals surface area (Å²) >= 11 is 1.31. The Morgan fingerprint density at radius 2 is 1.65 bits per heavy atom. The predicted molar refractivity (Wildman–Crippen MR) is 76.8 cm³/mol. The molecule has 0 saturated heterocycles. The topological polar surface area (TPSA) is 25.8 Å². The van der Waals surface area contributed by atoms with Crippen molar-refractivity contribution in [1.82, 2.24) is 8.75 Å². The van der Waals surface area contributed by atoms with Crippen LogP contribution in [0.5, 0.6) is 0 Å². The van der Waals surface area contributed by atoms with E-state index in [0.717, 1.165) is 17.5 Å². The molecule has 2 aromatic rings. The minimum absolute atomic E-state index is 0.139. The lowest BCUT2D eigenvalue weighted by Crippen LogP contribution is -2.12. The summed E-state index contributed by atoms with van der Waals surface area (Å²) in [7, 11) is 0. The van der Waals surface area contributed by atoms with Gasteiger partial charge in [0.25, 0.3) is 0 Å². The van der Waals surface area contributed by atoms with Gasteiger partial charge in [-0.25, -0.2) is 0 Å². The summed E-state index contributed by atoms with van der Waals surface area (Å²) in [6.45, 7) is 12.8. The molecule has 0 aliphatic carbocycles. The molecule has 1 aromatic heterocycles. The van der Waals surface area contributed by atoms with Crippen LogP contribution in [0.2, 0.25) is 0 Å². The van der Waals surface area contributed by atoms with Crippen molar-refractivity contribution >= 4 is 22.8 Å². The SMILES string of the molecule is CC.CCc1ccc(C(C)(C)C)c2nsnc12. The van der Waals surface area contributed by atoms with Gasteiger partial charge in [-0.2, -0.15) is 8.75 Å². The lowest BCUT2D eigenvalue weighted by molar-refractivity contribution is 0.595. The van der Waals surface area contributed by atoms with Crippen molar-refractivity contribution < 1.29 is 0 Å². The van der Waals surface area contributed by atoms with E-state index in [9.17, 15) is 0 Å². The maximum atomic E-state index is 4.42. The highest BCUT2D eigenvalue weighted by molar-refractivity contribution is 7.00. The zero-order valence-corrected chi connectivity index (χ0v) is 12.5. The molecule has 0 aliphatic heterocycles. The Bertz CT molecular complexity index is 480. The van der Waals surface area contributed by atoms with E-state index in [4.69, 9.17) is 0 Å². The molecule has 0 spiro atoms. The van der Waals surface area contributed by atoms with Crippen molar-refractivity contribution in [3.8, 4) is 0 Å². The van der Waals surface area contributed by atoms with Crippen molar-refractivity contribution in [2.75, 3.05) is 0 Å². The molecule has 3 heteroatoms. The van der Waals surface area contributed by atoms with Crippen LogP contribution in [0.3, 0.4) is 0 Å². The zero-order valence-electron chi connectivity index (χ0n) is 11.7. The molecule has 0 N–H and O–H groups in total. The Labute approximate surface area is 108 Å². The number of hydrogen-bond acceptors (Lipinski definition) is 3. The van der Waals surface area contributed by atoms with Crippen LogP contribution in [-0.2, 0) is 11.8 Å². The highest BCUT2D eigenvalue weighted by Crippen LogP contribution is 2.30. The monoisotopic (exact) mass is 250 g/mol. The van der Waals surface area contributed by atoms with Crippen LogP contribution >= 0.6 is 11.7 Å². The van der Waals surface area contributed by atoms with E-state index in [1.165, 1.54) is 22.9 Å². The molecule has 2 nitrogen and oxygen atoms in total. The largest absolute Gasteiger partial charge is 0.173 e. The maximum Gasteiger partial charge on any atom is 0.108 e. The molecule has 0 atom stereocenters. The molecule has 0 fully saturated rings. The van der Waals surface area contributed by atoms with Gasteiger partial charge in [0, 0.05) is 0 Å². The molecule has 0 saturated carbocycles. The van der Waals surface area contributed by atoms with Gasteiger partial charge in [0.15, 0.2) is 0 Å².